The van der Waals surface area contributed by atoms with E-state index in [1.165, 1.54) is 37.8 Å². The van der Waals surface area contributed by atoms with Crippen LogP contribution in [-0.2, 0) is 10.9 Å². The molecule has 3 fully saturated rings. The van der Waals surface area contributed by atoms with Crippen LogP contribution in [0.1, 0.15) is 37.7 Å². The van der Waals surface area contributed by atoms with E-state index in [4.69, 9.17) is 4.74 Å². The number of fused-ring (bicyclic) bond motifs is 2. The summed E-state index contributed by atoms with van der Waals surface area (Å²) in [6.07, 6.45) is 1.87. The highest BCUT2D eigenvalue weighted by Gasteiger charge is 2.38. The largest absolute Gasteiger partial charge is 0.416 e. The van der Waals surface area contributed by atoms with E-state index in [0.29, 0.717) is 31.9 Å². The first-order chi connectivity index (χ1) is 14.4. The van der Waals surface area contributed by atoms with Crippen molar-refractivity contribution in [2.24, 2.45) is 17.8 Å². The van der Waals surface area contributed by atoms with E-state index in [9.17, 15) is 18.3 Å². The van der Waals surface area contributed by atoms with Gasteiger partial charge in [-0.1, -0.05) is 12.5 Å². The van der Waals surface area contributed by atoms with Gasteiger partial charge in [-0.05, 0) is 61.6 Å². The minimum Gasteiger partial charge on any atom is -0.389 e. The Bertz CT molecular complexity index is 691. The molecular weight excluding hydrogens is 393 g/mol. The molecule has 1 saturated heterocycles. The van der Waals surface area contributed by atoms with Gasteiger partial charge in [0.25, 0.3) is 0 Å². The molecule has 2 aliphatic carbocycles. The van der Waals surface area contributed by atoms with Gasteiger partial charge < -0.3 is 14.7 Å². The fraction of sp³-hybridized carbons (Fsp3) is 0.739. The first-order valence-electron chi connectivity index (χ1n) is 11.3. The van der Waals surface area contributed by atoms with Gasteiger partial charge >= 0.3 is 6.18 Å². The maximum absolute atomic E-state index is 12.9. The summed E-state index contributed by atoms with van der Waals surface area (Å²) in [6, 6.07) is 5.51. The highest BCUT2D eigenvalue weighted by atomic mass is 19.4. The number of nitrogens with zero attached hydrogens (tertiary/aromatic N) is 2. The Hall–Kier alpha value is -1.31. The number of rotatable bonds is 8. The summed E-state index contributed by atoms with van der Waals surface area (Å²) in [7, 11) is 0. The second-order valence-corrected chi connectivity index (χ2v) is 9.29. The van der Waals surface area contributed by atoms with Crippen LogP contribution in [0.25, 0.3) is 0 Å². The molecule has 2 saturated carbocycles. The Kier molecular flexibility index (Phi) is 6.90. The number of piperazine rings is 1. The lowest BCUT2D eigenvalue weighted by molar-refractivity contribution is -0.137. The van der Waals surface area contributed by atoms with E-state index >= 15 is 0 Å². The van der Waals surface area contributed by atoms with Crippen LogP contribution in [0.2, 0.25) is 0 Å². The molecule has 4 rings (SSSR count). The van der Waals surface area contributed by atoms with E-state index in [1.807, 2.05) is 4.90 Å². The van der Waals surface area contributed by atoms with Gasteiger partial charge in [-0.15, -0.1) is 0 Å². The summed E-state index contributed by atoms with van der Waals surface area (Å²) < 4.78 is 44.5. The number of hydrogen-bond donors (Lipinski definition) is 1. The molecule has 0 unspecified atom stereocenters. The van der Waals surface area contributed by atoms with Crippen LogP contribution < -0.4 is 4.90 Å². The highest BCUT2D eigenvalue weighted by molar-refractivity contribution is 5.49. The Balaban J connectivity index is 1.13. The molecular formula is C23H33F3N2O2. The van der Waals surface area contributed by atoms with Crippen molar-refractivity contribution >= 4 is 5.69 Å². The molecule has 1 aromatic carbocycles. The van der Waals surface area contributed by atoms with Crippen LogP contribution in [0.4, 0.5) is 18.9 Å². The molecule has 3 aliphatic rings. The van der Waals surface area contributed by atoms with E-state index in [-0.39, 0.29) is 0 Å². The van der Waals surface area contributed by atoms with Gasteiger partial charge in [0, 0.05) is 45.0 Å². The number of halogens is 3. The van der Waals surface area contributed by atoms with Crippen molar-refractivity contribution in [1.29, 1.82) is 0 Å². The van der Waals surface area contributed by atoms with Gasteiger partial charge in [0.2, 0.25) is 0 Å². The average Bonchev–Trinajstić information content (AvgIpc) is 3.35. The van der Waals surface area contributed by atoms with Gasteiger partial charge in [0.1, 0.15) is 0 Å². The zero-order chi connectivity index (χ0) is 21.1. The second kappa shape index (κ2) is 9.45. The van der Waals surface area contributed by atoms with Gasteiger partial charge in [-0.25, -0.2) is 0 Å². The van der Waals surface area contributed by atoms with Crippen molar-refractivity contribution in [2.45, 2.75) is 44.4 Å². The molecule has 2 bridgehead atoms. The van der Waals surface area contributed by atoms with Crippen LogP contribution >= 0.6 is 0 Å². The normalized spacial score (nSPS) is 28.3. The smallest absolute Gasteiger partial charge is 0.389 e. The number of aliphatic hydroxyl groups excluding tert-OH is 1. The summed E-state index contributed by atoms with van der Waals surface area (Å²) in [5.41, 5.74) is -0.00518. The van der Waals surface area contributed by atoms with Crippen LogP contribution in [-0.4, -0.2) is 62.0 Å². The molecule has 0 spiro atoms. The van der Waals surface area contributed by atoms with E-state index in [2.05, 4.69) is 4.90 Å². The lowest BCUT2D eigenvalue weighted by atomic mass is 9.87. The van der Waals surface area contributed by atoms with Crippen molar-refractivity contribution in [2.75, 3.05) is 50.8 Å². The van der Waals surface area contributed by atoms with Crippen LogP contribution in [0.5, 0.6) is 0 Å². The molecule has 4 atom stereocenters. The molecule has 30 heavy (non-hydrogen) atoms. The fourth-order valence-corrected chi connectivity index (χ4v) is 5.60. The van der Waals surface area contributed by atoms with Crippen LogP contribution in [0.15, 0.2) is 24.3 Å². The highest BCUT2D eigenvalue weighted by Crippen LogP contribution is 2.49. The Morgan fingerprint density at radius 1 is 1.10 bits per heavy atom. The van der Waals surface area contributed by atoms with E-state index in [1.54, 1.807) is 6.07 Å². The summed E-state index contributed by atoms with van der Waals surface area (Å²) in [6.45, 7) is 4.38. The minimum absolute atomic E-state index is 0.356. The lowest BCUT2D eigenvalue weighted by Gasteiger charge is -2.37. The Labute approximate surface area is 177 Å². The van der Waals surface area contributed by atoms with Gasteiger partial charge in [0.15, 0.2) is 0 Å². The molecule has 1 heterocycles. The van der Waals surface area contributed by atoms with Gasteiger partial charge in [-0.3, -0.25) is 4.90 Å². The van der Waals surface area contributed by atoms with Crippen molar-refractivity contribution in [3.63, 3.8) is 0 Å². The molecule has 1 N–H and O–H groups in total. The molecule has 0 amide bonds. The predicted molar refractivity (Wildman–Crippen MR) is 110 cm³/mol. The average molecular weight is 427 g/mol. The van der Waals surface area contributed by atoms with Crippen LogP contribution in [0, 0.1) is 17.8 Å². The third kappa shape index (κ3) is 5.48. The molecule has 0 radical (unpaired) electrons. The topological polar surface area (TPSA) is 35.9 Å². The maximum atomic E-state index is 12.9. The molecule has 168 valence electrons. The first kappa shape index (κ1) is 21.9. The lowest BCUT2D eigenvalue weighted by Crippen LogP contribution is -2.49. The number of hydrogen-bond acceptors (Lipinski definition) is 4. The van der Waals surface area contributed by atoms with E-state index < -0.39 is 17.8 Å². The summed E-state index contributed by atoms with van der Waals surface area (Å²) in [5.74, 6) is 2.70. The number of alkyl halides is 3. The number of benzene rings is 1. The minimum atomic E-state index is -4.32. The SMILES string of the molecule is O[C@H](COCC[C@H]1C[C@H]2CC[C@H]1C2)CN1CCN(c2cccc(C(F)(F)F)c2)CC1. The molecule has 1 aromatic rings. The van der Waals surface area contributed by atoms with Crippen molar-refractivity contribution in [3.8, 4) is 0 Å². The van der Waals surface area contributed by atoms with Crippen molar-refractivity contribution < 1.29 is 23.0 Å². The number of aliphatic hydroxyl groups is 1. The molecule has 0 aromatic heterocycles. The monoisotopic (exact) mass is 426 g/mol. The van der Waals surface area contributed by atoms with Crippen LogP contribution in [0.3, 0.4) is 0 Å². The van der Waals surface area contributed by atoms with Crippen molar-refractivity contribution in [3.05, 3.63) is 29.8 Å². The maximum Gasteiger partial charge on any atom is 0.416 e. The third-order valence-corrected chi connectivity index (χ3v) is 7.21. The Morgan fingerprint density at radius 3 is 2.57 bits per heavy atom. The summed E-state index contributed by atoms with van der Waals surface area (Å²) in [4.78, 5) is 4.14. The fourth-order valence-electron chi connectivity index (χ4n) is 5.60. The number of β-amino-alcohol motifs (C(OH)–C–C–N with tert-alkyl or cyclic N) is 1. The quantitative estimate of drug-likeness (QED) is 0.637. The second-order valence-electron chi connectivity index (χ2n) is 9.29. The zero-order valence-corrected chi connectivity index (χ0v) is 17.5. The first-order valence-corrected chi connectivity index (χ1v) is 11.3. The molecule has 1 aliphatic heterocycles. The van der Waals surface area contributed by atoms with E-state index in [0.717, 1.165) is 49.9 Å². The van der Waals surface area contributed by atoms with Gasteiger partial charge in [0.05, 0.1) is 18.3 Å². The summed E-state index contributed by atoms with van der Waals surface area (Å²) >= 11 is 0. The zero-order valence-electron chi connectivity index (χ0n) is 17.5. The third-order valence-electron chi connectivity index (χ3n) is 7.21. The number of anilines is 1. The number of ether oxygens (including phenoxy) is 1. The summed E-state index contributed by atoms with van der Waals surface area (Å²) in [5, 5.41) is 10.3. The molecule has 7 heteroatoms. The van der Waals surface area contributed by atoms with Gasteiger partial charge in [-0.2, -0.15) is 13.2 Å². The predicted octanol–water partition coefficient (Wildman–Crippen LogP) is 4.03. The Morgan fingerprint density at radius 2 is 1.90 bits per heavy atom. The van der Waals surface area contributed by atoms with Crippen molar-refractivity contribution in [1.82, 2.24) is 4.90 Å². The standard InChI is InChI=1S/C23H33F3N2O2/c24-23(25,26)20-2-1-3-21(14-20)28-9-7-27(8-10-28)15-22(29)16-30-11-6-19-13-17-4-5-18(19)12-17/h1-3,14,17-19,22,29H,4-13,15-16H2/t17-,18-,19-,22-/m0/s1. The molecule has 4 nitrogen and oxygen atoms in total.